The summed E-state index contributed by atoms with van der Waals surface area (Å²) in [5.74, 6) is 1.82. The lowest BCUT2D eigenvalue weighted by molar-refractivity contribution is -0.143. The average Bonchev–Trinajstić information content (AvgIpc) is 2.57. The minimum atomic E-state index is -4.58. The molecule has 4 bridgehead atoms. The van der Waals surface area contributed by atoms with Crippen LogP contribution in [0.4, 0.5) is 13.2 Å². The predicted octanol–water partition coefficient (Wildman–Crippen LogP) is 5.24. The molecule has 2 aromatic rings. The molecule has 0 atom stereocenters. The number of hydrogen-bond acceptors (Lipinski definition) is 3. The van der Waals surface area contributed by atoms with Crippen LogP contribution in [0.3, 0.4) is 0 Å². The fourth-order valence-electron chi connectivity index (χ4n) is 5.96. The summed E-state index contributed by atoms with van der Waals surface area (Å²) in [4.78, 5) is 7.95. The van der Waals surface area contributed by atoms with Gasteiger partial charge in [0.2, 0.25) is 11.6 Å². The molecule has 0 saturated heterocycles. The van der Waals surface area contributed by atoms with Crippen LogP contribution in [0, 0.1) is 23.2 Å². The van der Waals surface area contributed by atoms with E-state index in [0.29, 0.717) is 12.1 Å². The van der Waals surface area contributed by atoms with Crippen LogP contribution in [-0.2, 0) is 6.18 Å². The van der Waals surface area contributed by atoms with Gasteiger partial charge in [0.15, 0.2) is 0 Å². The lowest BCUT2D eigenvalue weighted by Gasteiger charge is -2.56. The molecule has 0 amide bonds. The zero-order valence-corrected chi connectivity index (χ0v) is 14.4. The molecule has 0 aliphatic heterocycles. The maximum absolute atomic E-state index is 13.5. The number of nitrogens with zero attached hydrogens (tertiary/aromatic N) is 2. The highest BCUT2D eigenvalue weighted by atomic mass is 19.4. The maximum atomic E-state index is 13.5. The molecule has 0 N–H and O–H groups in total. The first-order valence-electron chi connectivity index (χ1n) is 9.37. The molecule has 6 rings (SSSR count). The van der Waals surface area contributed by atoms with Gasteiger partial charge in [-0.25, -0.2) is 9.97 Å². The van der Waals surface area contributed by atoms with Crippen LogP contribution in [-0.4, -0.2) is 16.6 Å². The third-order valence-corrected chi connectivity index (χ3v) is 6.49. The minimum Gasteiger partial charge on any atom is -0.476 e. The molecule has 4 fully saturated rings. The Hall–Kier alpha value is -1.85. The normalized spacial score (nSPS) is 33.0. The van der Waals surface area contributed by atoms with E-state index in [-0.39, 0.29) is 16.8 Å². The summed E-state index contributed by atoms with van der Waals surface area (Å²) in [5, 5.41) is 0. The number of halogens is 3. The van der Waals surface area contributed by atoms with Crippen molar-refractivity contribution in [2.45, 2.75) is 44.7 Å². The van der Waals surface area contributed by atoms with Gasteiger partial charge in [0.05, 0.1) is 17.6 Å². The summed E-state index contributed by atoms with van der Waals surface area (Å²) >= 11 is 0. The third-order valence-electron chi connectivity index (χ3n) is 6.49. The lowest BCUT2D eigenvalue weighted by Crippen LogP contribution is -2.48. The summed E-state index contributed by atoms with van der Waals surface area (Å²) in [5.41, 5.74) is -0.311. The second-order valence-corrected chi connectivity index (χ2v) is 8.57. The fraction of sp³-hybridized carbons (Fsp3) is 0.600. The Balaban J connectivity index is 1.46. The number of rotatable bonds is 3. The number of alkyl halides is 3. The van der Waals surface area contributed by atoms with Gasteiger partial charge in [-0.2, -0.15) is 13.2 Å². The number of benzene rings is 1. The molecule has 0 radical (unpaired) electrons. The van der Waals surface area contributed by atoms with Crippen molar-refractivity contribution in [2.24, 2.45) is 23.2 Å². The molecule has 138 valence electrons. The van der Waals surface area contributed by atoms with E-state index in [4.69, 9.17) is 4.74 Å². The van der Waals surface area contributed by atoms with Crippen LogP contribution >= 0.6 is 0 Å². The molecule has 4 aliphatic carbocycles. The second-order valence-electron chi connectivity index (χ2n) is 8.57. The molecule has 1 aromatic carbocycles. The van der Waals surface area contributed by atoms with E-state index in [0.717, 1.165) is 37.0 Å². The predicted molar refractivity (Wildman–Crippen MR) is 90.6 cm³/mol. The van der Waals surface area contributed by atoms with E-state index < -0.39 is 11.9 Å². The Bertz CT molecular complexity index is 813. The van der Waals surface area contributed by atoms with E-state index in [9.17, 15) is 13.2 Å². The van der Waals surface area contributed by atoms with Gasteiger partial charge >= 0.3 is 6.18 Å². The zero-order valence-electron chi connectivity index (χ0n) is 14.4. The van der Waals surface area contributed by atoms with Gasteiger partial charge in [-0.3, -0.25) is 0 Å². The first kappa shape index (κ1) is 16.3. The van der Waals surface area contributed by atoms with E-state index >= 15 is 0 Å². The van der Waals surface area contributed by atoms with E-state index in [1.807, 2.05) is 0 Å². The van der Waals surface area contributed by atoms with Crippen molar-refractivity contribution >= 4 is 11.0 Å². The summed E-state index contributed by atoms with van der Waals surface area (Å²) in [6.07, 6.45) is 2.56. The second kappa shape index (κ2) is 5.57. The molecule has 4 aliphatic rings. The van der Waals surface area contributed by atoms with Crippen molar-refractivity contribution in [1.29, 1.82) is 0 Å². The van der Waals surface area contributed by atoms with Crippen LogP contribution in [0.1, 0.15) is 44.2 Å². The fourth-order valence-corrected chi connectivity index (χ4v) is 5.96. The van der Waals surface area contributed by atoms with Crippen molar-refractivity contribution in [3.05, 3.63) is 30.0 Å². The van der Waals surface area contributed by atoms with Gasteiger partial charge in [-0.1, -0.05) is 12.1 Å². The molecular formula is C20H21F3N2O. The Morgan fingerprint density at radius 3 is 2.00 bits per heavy atom. The van der Waals surface area contributed by atoms with Crippen LogP contribution < -0.4 is 4.74 Å². The molecule has 3 nitrogen and oxygen atoms in total. The number of fused-ring (bicyclic) bond motifs is 1. The summed E-state index contributed by atoms with van der Waals surface area (Å²) < 4.78 is 46.2. The SMILES string of the molecule is FC(F)(F)c1nc2ccccc2nc1OCC12CC3CC(CC(C3)C1)C2. The monoisotopic (exact) mass is 362 g/mol. The number of ether oxygens (including phenoxy) is 1. The van der Waals surface area contributed by atoms with Crippen molar-refractivity contribution in [2.75, 3.05) is 6.61 Å². The van der Waals surface area contributed by atoms with Gasteiger partial charge in [0.1, 0.15) is 0 Å². The quantitative estimate of drug-likeness (QED) is 0.749. The maximum Gasteiger partial charge on any atom is 0.438 e. The van der Waals surface area contributed by atoms with Crippen molar-refractivity contribution in [1.82, 2.24) is 9.97 Å². The van der Waals surface area contributed by atoms with Gasteiger partial charge in [-0.05, 0) is 68.4 Å². The molecule has 1 aromatic heterocycles. The standard InChI is InChI=1S/C20H21F3N2O/c21-20(22,23)17-18(25-16-4-2-1-3-15(16)24-17)26-11-19-8-12-5-13(9-19)7-14(6-12)10-19/h1-4,12-14H,5-11H2. The van der Waals surface area contributed by atoms with E-state index in [2.05, 4.69) is 9.97 Å². The minimum absolute atomic E-state index is 0.0327. The Morgan fingerprint density at radius 2 is 1.46 bits per heavy atom. The highest BCUT2D eigenvalue weighted by Gasteiger charge is 2.51. The van der Waals surface area contributed by atoms with Gasteiger partial charge in [-0.15, -0.1) is 0 Å². The van der Waals surface area contributed by atoms with Gasteiger partial charge in [0.25, 0.3) is 0 Å². The Labute approximate surface area is 150 Å². The molecule has 6 heteroatoms. The molecule has 1 heterocycles. The molecule has 4 saturated carbocycles. The van der Waals surface area contributed by atoms with E-state index in [1.165, 1.54) is 19.3 Å². The van der Waals surface area contributed by atoms with Crippen molar-refractivity contribution in [3.8, 4) is 5.88 Å². The molecular weight excluding hydrogens is 341 g/mol. The molecule has 0 spiro atoms. The van der Waals surface area contributed by atoms with Crippen LogP contribution in [0.15, 0.2) is 24.3 Å². The topological polar surface area (TPSA) is 35.0 Å². The van der Waals surface area contributed by atoms with Crippen LogP contribution in [0.25, 0.3) is 11.0 Å². The number of para-hydroxylation sites is 2. The average molecular weight is 362 g/mol. The Kier molecular flexibility index (Phi) is 3.50. The number of hydrogen-bond donors (Lipinski definition) is 0. The van der Waals surface area contributed by atoms with Gasteiger partial charge in [0, 0.05) is 5.41 Å². The zero-order chi connectivity index (χ0) is 17.9. The van der Waals surface area contributed by atoms with Crippen molar-refractivity contribution in [3.63, 3.8) is 0 Å². The van der Waals surface area contributed by atoms with Crippen LogP contribution in [0.2, 0.25) is 0 Å². The Morgan fingerprint density at radius 1 is 0.923 bits per heavy atom. The smallest absolute Gasteiger partial charge is 0.438 e. The molecule has 26 heavy (non-hydrogen) atoms. The first-order valence-corrected chi connectivity index (χ1v) is 9.37. The first-order chi connectivity index (χ1) is 12.4. The largest absolute Gasteiger partial charge is 0.476 e. The third kappa shape index (κ3) is 2.74. The van der Waals surface area contributed by atoms with Gasteiger partial charge < -0.3 is 4.74 Å². The van der Waals surface area contributed by atoms with E-state index in [1.54, 1.807) is 24.3 Å². The summed E-state index contributed by atoms with van der Waals surface area (Å²) in [6.45, 7) is 0.326. The van der Waals surface area contributed by atoms with Crippen molar-refractivity contribution < 1.29 is 17.9 Å². The lowest BCUT2D eigenvalue weighted by atomic mass is 9.50. The summed E-state index contributed by atoms with van der Waals surface area (Å²) in [6, 6.07) is 6.61. The van der Waals surface area contributed by atoms with Crippen LogP contribution in [0.5, 0.6) is 5.88 Å². The highest BCUT2D eigenvalue weighted by molar-refractivity contribution is 5.74. The highest BCUT2D eigenvalue weighted by Crippen LogP contribution is 2.60. The summed E-state index contributed by atoms with van der Waals surface area (Å²) in [7, 11) is 0. The number of aromatic nitrogens is 2. The molecule has 0 unspecified atom stereocenters.